The molecule has 0 bridgehead atoms. The predicted molar refractivity (Wildman–Crippen MR) is 72.3 cm³/mol. The number of nitrogens with one attached hydrogen (secondary N) is 1. The van der Waals surface area contributed by atoms with Gasteiger partial charge in [-0.2, -0.15) is 0 Å². The van der Waals surface area contributed by atoms with Crippen molar-refractivity contribution in [2.45, 2.75) is 18.7 Å². The lowest BCUT2D eigenvalue weighted by Gasteiger charge is -2.17. The smallest absolute Gasteiger partial charge is 0.126 e. The average Bonchev–Trinajstić information content (AvgIpc) is 2.35. The van der Waals surface area contributed by atoms with Crippen LogP contribution in [0.3, 0.4) is 0 Å². The van der Waals surface area contributed by atoms with Gasteiger partial charge in [0.1, 0.15) is 5.82 Å². The first-order valence-corrected chi connectivity index (χ1v) is 6.77. The first kappa shape index (κ1) is 13.3. The second-order valence-corrected chi connectivity index (χ2v) is 4.67. The number of anilines is 1. The molecule has 0 amide bonds. The molecule has 0 aliphatic heterocycles. The van der Waals surface area contributed by atoms with Gasteiger partial charge in [-0.3, -0.25) is 0 Å². The van der Waals surface area contributed by atoms with Crippen LogP contribution < -0.4 is 5.32 Å². The van der Waals surface area contributed by atoms with Gasteiger partial charge in [-0.25, -0.2) is 4.98 Å². The molecule has 1 N–H and O–H groups in total. The highest BCUT2D eigenvalue weighted by molar-refractivity contribution is 7.99. The zero-order valence-corrected chi connectivity index (χ0v) is 11.2. The van der Waals surface area contributed by atoms with Crippen LogP contribution in [0.15, 0.2) is 23.2 Å². The second-order valence-electron chi connectivity index (χ2n) is 3.50. The Morgan fingerprint density at radius 3 is 2.75 bits per heavy atom. The van der Waals surface area contributed by atoms with E-state index >= 15 is 0 Å². The van der Waals surface area contributed by atoms with Crippen LogP contribution in [0.5, 0.6) is 0 Å². The Balaban J connectivity index is 2.36. The minimum atomic E-state index is 0.938. The highest BCUT2D eigenvalue weighted by Crippen LogP contribution is 2.19. The number of nitrogens with zero attached hydrogens (tertiary/aromatic N) is 2. The summed E-state index contributed by atoms with van der Waals surface area (Å²) in [5.41, 5.74) is 0. The van der Waals surface area contributed by atoms with E-state index in [1.165, 1.54) is 4.90 Å². The van der Waals surface area contributed by atoms with Gasteiger partial charge in [0, 0.05) is 30.4 Å². The first-order valence-electron chi connectivity index (χ1n) is 5.79. The zero-order valence-electron chi connectivity index (χ0n) is 10.4. The Labute approximate surface area is 103 Å². The summed E-state index contributed by atoms with van der Waals surface area (Å²) < 4.78 is 0. The maximum atomic E-state index is 4.20. The molecule has 0 saturated heterocycles. The average molecular weight is 239 g/mol. The molecular formula is C12H21N3S. The van der Waals surface area contributed by atoms with Crippen molar-refractivity contribution in [1.29, 1.82) is 0 Å². The van der Waals surface area contributed by atoms with E-state index in [1.807, 2.05) is 25.0 Å². The Morgan fingerprint density at radius 2 is 2.12 bits per heavy atom. The molecule has 0 unspecified atom stereocenters. The minimum absolute atomic E-state index is 0.938. The summed E-state index contributed by atoms with van der Waals surface area (Å²) in [6.07, 6.45) is 1.85. The maximum absolute atomic E-state index is 4.20. The van der Waals surface area contributed by atoms with Crippen LogP contribution in [0.1, 0.15) is 13.8 Å². The molecule has 1 heterocycles. The molecule has 1 aromatic heterocycles. The van der Waals surface area contributed by atoms with Crippen LogP contribution >= 0.6 is 11.8 Å². The van der Waals surface area contributed by atoms with Crippen molar-refractivity contribution in [3.05, 3.63) is 18.3 Å². The topological polar surface area (TPSA) is 28.2 Å². The third kappa shape index (κ3) is 4.41. The fourth-order valence-electron chi connectivity index (χ4n) is 1.47. The van der Waals surface area contributed by atoms with Gasteiger partial charge >= 0.3 is 0 Å². The van der Waals surface area contributed by atoms with Gasteiger partial charge in [0.05, 0.1) is 0 Å². The highest BCUT2D eigenvalue weighted by Gasteiger charge is 2.00. The van der Waals surface area contributed by atoms with Crippen LogP contribution in [0.25, 0.3) is 0 Å². The van der Waals surface area contributed by atoms with Crippen LogP contribution in [-0.2, 0) is 0 Å². The van der Waals surface area contributed by atoms with Crippen molar-refractivity contribution in [2.75, 3.05) is 37.8 Å². The van der Waals surface area contributed by atoms with E-state index in [-0.39, 0.29) is 0 Å². The van der Waals surface area contributed by atoms with E-state index < -0.39 is 0 Å². The van der Waals surface area contributed by atoms with Gasteiger partial charge in [0.25, 0.3) is 0 Å². The number of pyridine rings is 1. The van der Waals surface area contributed by atoms with Gasteiger partial charge in [-0.1, -0.05) is 13.8 Å². The van der Waals surface area contributed by atoms with E-state index in [0.717, 1.165) is 31.2 Å². The van der Waals surface area contributed by atoms with Crippen molar-refractivity contribution >= 4 is 17.6 Å². The van der Waals surface area contributed by atoms with E-state index in [2.05, 4.69) is 41.2 Å². The fraction of sp³-hybridized carbons (Fsp3) is 0.583. The monoisotopic (exact) mass is 239 g/mol. The van der Waals surface area contributed by atoms with Gasteiger partial charge in [-0.05, 0) is 25.2 Å². The predicted octanol–water partition coefficient (Wildman–Crippen LogP) is 2.56. The third-order valence-corrected chi connectivity index (χ3v) is 3.53. The number of hydrogen-bond acceptors (Lipinski definition) is 4. The van der Waals surface area contributed by atoms with E-state index in [0.29, 0.717) is 0 Å². The van der Waals surface area contributed by atoms with Gasteiger partial charge in [0.2, 0.25) is 0 Å². The lowest BCUT2D eigenvalue weighted by Crippen LogP contribution is -2.25. The first-order chi connectivity index (χ1) is 7.80. The molecule has 0 atom stereocenters. The van der Waals surface area contributed by atoms with E-state index in [4.69, 9.17) is 0 Å². The Hall–Kier alpha value is -0.740. The minimum Gasteiger partial charge on any atom is -0.373 e. The Morgan fingerprint density at radius 1 is 1.38 bits per heavy atom. The maximum Gasteiger partial charge on any atom is 0.126 e. The quantitative estimate of drug-likeness (QED) is 0.740. The molecule has 0 fully saturated rings. The molecule has 0 radical (unpaired) electrons. The molecule has 0 saturated carbocycles. The lowest BCUT2D eigenvalue weighted by molar-refractivity contribution is 0.324. The van der Waals surface area contributed by atoms with Gasteiger partial charge in [-0.15, -0.1) is 11.8 Å². The number of thioether (sulfide) groups is 1. The summed E-state index contributed by atoms with van der Waals surface area (Å²) in [5, 5.41) is 3.05. The van der Waals surface area contributed by atoms with Crippen molar-refractivity contribution in [3.8, 4) is 0 Å². The number of hydrogen-bond donors (Lipinski definition) is 1. The summed E-state index contributed by atoms with van der Waals surface area (Å²) in [7, 11) is 1.90. The van der Waals surface area contributed by atoms with Gasteiger partial charge in [0.15, 0.2) is 0 Å². The molecule has 0 aliphatic rings. The molecule has 90 valence electrons. The summed E-state index contributed by atoms with van der Waals surface area (Å²) in [6.45, 7) is 7.83. The molecule has 1 rings (SSSR count). The Kier molecular flexibility index (Phi) is 6.26. The highest BCUT2D eigenvalue weighted by atomic mass is 32.2. The van der Waals surface area contributed by atoms with Crippen LogP contribution in [0, 0.1) is 0 Å². The second kappa shape index (κ2) is 7.52. The number of aromatic nitrogens is 1. The number of rotatable bonds is 7. The molecule has 0 aromatic carbocycles. The zero-order chi connectivity index (χ0) is 11.8. The largest absolute Gasteiger partial charge is 0.373 e. The molecule has 0 spiro atoms. The summed E-state index contributed by atoms with van der Waals surface area (Å²) in [6, 6.07) is 4.15. The molecular weight excluding hydrogens is 218 g/mol. The van der Waals surface area contributed by atoms with Crippen molar-refractivity contribution in [1.82, 2.24) is 9.88 Å². The molecule has 0 aliphatic carbocycles. The third-order valence-electron chi connectivity index (χ3n) is 2.56. The van der Waals surface area contributed by atoms with Crippen molar-refractivity contribution < 1.29 is 0 Å². The lowest BCUT2D eigenvalue weighted by atomic mass is 10.5. The molecule has 3 nitrogen and oxygen atoms in total. The summed E-state index contributed by atoms with van der Waals surface area (Å²) >= 11 is 1.89. The SMILES string of the molecule is CCN(CC)CCSc1ccnc(NC)c1. The van der Waals surface area contributed by atoms with Crippen LogP contribution in [0.4, 0.5) is 5.82 Å². The summed E-state index contributed by atoms with van der Waals surface area (Å²) in [5.74, 6) is 2.07. The van der Waals surface area contributed by atoms with Gasteiger partial charge < -0.3 is 10.2 Å². The Bertz CT molecular complexity index is 300. The van der Waals surface area contributed by atoms with E-state index in [9.17, 15) is 0 Å². The normalized spacial score (nSPS) is 10.8. The molecule has 4 heteroatoms. The summed E-state index contributed by atoms with van der Waals surface area (Å²) in [4.78, 5) is 7.92. The fourth-order valence-corrected chi connectivity index (χ4v) is 2.41. The van der Waals surface area contributed by atoms with E-state index in [1.54, 1.807) is 0 Å². The van der Waals surface area contributed by atoms with Crippen molar-refractivity contribution in [2.24, 2.45) is 0 Å². The molecule has 1 aromatic rings. The van der Waals surface area contributed by atoms with Crippen LogP contribution in [-0.4, -0.2) is 42.3 Å². The molecule has 16 heavy (non-hydrogen) atoms. The van der Waals surface area contributed by atoms with Crippen molar-refractivity contribution in [3.63, 3.8) is 0 Å². The standard InChI is InChI=1S/C12H21N3S/c1-4-15(5-2)8-9-16-11-6-7-14-12(10-11)13-3/h6-7,10H,4-5,8-9H2,1-3H3,(H,13,14). The van der Waals surface area contributed by atoms with Crippen LogP contribution in [0.2, 0.25) is 0 Å².